The molecule has 1 N–H and O–H groups in total. The minimum atomic E-state index is 0.362. The van der Waals surface area contributed by atoms with Crippen LogP contribution in [0.3, 0.4) is 0 Å². The lowest BCUT2D eigenvalue weighted by atomic mass is 10.3. The third kappa shape index (κ3) is 2.91. The maximum Gasteiger partial charge on any atom is 0.146 e. The Morgan fingerprint density at radius 2 is 2.24 bits per heavy atom. The van der Waals surface area contributed by atoms with Crippen LogP contribution in [-0.2, 0) is 20.1 Å². The molecule has 0 saturated heterocycles. The van der Waals surface area contributed by atoms with Crippen LogP contribution in [0.2, 0.25) is 0 Å². The molecule has 0 aliphatic carbocycles. The number of aromatic nitrogens is 5. The maximum atomic E-state index is 4.12. The molecule has 0 spiro atoms. The Labute approximate surface area is 101 Å². The van der Waals surface area contributed by atoms with Crippen molar-refractivity contribution >= 4 is 0 Å². The van der Waals surface area contributed by atoms with Crippen LogP contribution in [-0.4, -0.2) is 30.4 Å². The molecule has 6 heteroatoms. The van der Waals surface area contributed by atoms with Crippen molar-refractivity contribution in [3.63, 3.8) is 0 Å². The molecule has 2 rings (SSSR count). The SMILES string of the molecule is Cc1nnc(CNC(C)Cn2ccnc2)n1C. The van der Waals surface area contributed by atoms with E-state index in [1.54, 1.807) is 6.20 Å². The Balaban J connectivity index is 1.84. The predicted molar refractivity (Wildman–Crippen MR) is 64.3 cm³/mol. The van der Waals surface area contributed by atoms with Crippen LogP contribution in [0.4, 0.5) is 0 Å². The zero-order valence-corrected chi connectivity index (χ0v) is 10.5. The maximum absolute atomic E-state index is 4.12. The summed E-state index contributed by atoms with van der Waals surface area (Å²) >= 11 is 0. The number of nitrogens with one attached hydrogen (secondary N) is 1. The molecule has 2 aromatic heterocycles. The summed E-state index contributed by atoms with van der Waals surface area (Å²) < 4.78 is 4.05. The molecule has 2 aromatic rings. The van der Waals surface area contributed by atoms with Gasteiger partial charge in [0.05, 0.1) is 12.9 Å². The fraction of sp³-hybridized carbons (Fsp3) is 0.545. The lowest BCUT2D eigenvalue weighted by Crippen LogP contribution is -2.30. The van der Waals surface area contributed by atoms with Crippen molar-refractivity contribution in [1.82, 2.24) is 29.6 Å². The monoisotopic (exact) mass is 234 g/mol. The van der Waals surface area contributed by atoms with E-state index in [-0.39, 0.29) is 0 Å². The highest BCUT2D eigenvalue weighted by molar-refractivity contribution is 4.92. The molecular formula is C11H18N6. The van der Waals surface area contributed by atoms with Crippen molar-refractivity contribution in [3.8, 4) is 0 Å². The van der Waals surface area contributed by atoms with E-state index in [2.05, 4.69) is 32.0 Å². The van der Waals surface area contributed by atoms with Gasteiger partial charge in [0.25, 0.3) is 0 Å². The van der Waals surface area contributed by atoms with E-state index < -0.39 is 0 Å². The molecule has 6 nitrogen and oxygen atoms in total. The van der Waals surface area contributed by atoms with E-state index in [0.717, 1.165) is 24.7 Å². The predicted octanol–water partition coefficient (Wildman–Crippen LogP) is 0.498. The second-order valence-electron chi connectivity index (χ2n) is 4.26. The van der Waals surface area contributed by atoms with Crippen molar-refractivity contribution in [2.24, 2.45) is 7.05 Å². The van der Waals surface area contributed by atoms with Crippen LogP contribution >= 0.6 is 0 Å². The first-order valence-electron chi connectivity index (χ1n) is 5.71. The quantitative estimate of drug-likeness (QED) is 0.818. The smallest absolute Gasteiger partial charge is 0.146 e. The van der Waals surface area contributed by atoms with Gasteiger partial charge < -0.3 is 14.5 Å². The lowest BCUT2D eigenvalue weighted by Gasteiger charge is -2.13. The molecule has 0 aliphatic rings. The van der Waals surface area contributed by atoms with Gasteiger partial charge in [0, 0.05) is 32.0 Å². The van der Waals surface area contributed by atoms with Gasteiger partial charge in [0.2, 0.25) is 0 Å². The summed E-state index contributed by atoms with van der Waals surface area (Å²) in [7, 11) is 1.98. The normalized spacial score (nSPS) is 12.9. The minimum Gasteiger partial charge on any atom is -0.336 e. The molecule has 1 unspecified atom stereocenters. The number of hydrogen-bond acceptors (Lipinski definition) is 4. The molecule has 0 amide bonds. The number of nitrogens with zero attached hydrogens (tertiary/aromatic N) is 5. The summed E-state index contributed by atoms with van der Waals surface area (Å²) in [5.74, 6) is 1.89. The molecule has 0 aliphatic heterocycles. The molecule has 92 valence electrons. The fourth-order valence-electron chi connectivity index (χ4n) is 1.65. The van der Waals surface area contributed by atoms with Gasteiger partial charge in [-0.2, -0.15) is 0 Å². The van der Waals surface area contributed by atoms with Gasteiger partial charge in [-0.3, -0.25) is 0 Å². The molecule has 1 atom stereocenters. The topological polar surface area (TPSA) is 60.6 Å². The largest absolute Gasteiger partial charge is 0.336 e. The summed E-state index contributed by atoms with van der Waals surface area (Å²) in [5.41, 5.74) is 0. The van der Waals surface area contributed by atoms with Crippen LogP contribution < -0.4 is 5.32 Å². The summed E-state index contributed by atoms with van der Waals surface area (Å²) in [6, 6.07) is 0.362. The van der Waals surface area contributed by atoms with Crippen molar-refractivity contribution in [1.29, 1.82) is 0 Å². The van der Waals surface area contributed by atoms with Crippen LogP contribution in [0.25, 0.3) is 0 Å². The Morgan fingerprint density at radius 3 is 2.82 bits per heavy atom. The molecule has 0 radical (unpaired) electrons. The van der Waals surface area contributed by atoms with Crippen LogP contribution in [0.15, 0.2) is 18.7 Å². The molecule has 0 bridgehead atoms. The fourth-order valence-corrected chi connectivity index (χ4v) is 1.65. The van der Waals surface area contributed by atoms with Gasteiger partial charge in [-0.1, -0.05) is 0 Å². The standard InChI is InChI=1S/C11H18N6/c1-9(7-17-5-4-12-8-17)13-6-11-15-14-10(2)16(11)3/h4-5,8-9,13H,6-7H2,1-3H3. The van der Waals surface area contributed by atoms with Gasteiger partial charge in [0.1, 0.15) is 11.6 Å². The van der Waals surface area contributed by atoms with Crippen LogP contribution in [0.5, 0.6) is 0 Å². The average Bonchev–Trinajstić information content (AvgIpc) is 2.90. The summed E-state index contributed by atoms with van der Waals surface area (Å²) in [5, 5.41) is 11.6. The number of imidazole rings is 1. The highest BCUT2D eigenvalue weighted by atomic mass is 15.3. The zero-order valence-electron chi connectivity index (χ0n) is 10.5. The van der Waals surface area contributed by atoms with Gasteiger partial charge in [0.15, 0.2) is 0 Å². The van der Waals surface area contributed by atoms with Gasteiger partial charge in [-0.15, -0.1) is 10.2 Å². The highest BCUT2D eigenvalue weighted by Crippen LogP contribution is 1.98. The summed E-state index contributed by atoms with van der Waals surface area (Å²) in [6.45, 7) is 5.72. The van der Waals surface area contributed by atoms with Crippen LogP contribution in [0.1, 0.15) is 18.6 Å². The van der Waals surface area contributed by atoms with E-state index in [1.165, 1.54) is 0 Å². The summed E-state index contributed by atoms with van der Waals surface area (Å²) in [4.78, 5) is 4.02. The number of rotatable bonds is 5. The van der Waals surface area contributed by atoms with E-state index in [0.29, 0.717) is 6.04 Å². The lowest BCUT2D eigenvalue weighted by molar-refractivity contribution is 0.465. The zero-order chi connectivity index (χ0) is 12.3. The highest BCUT2D eigenvalue weighted by Gasteiger charge is 2.07. The van der Waals surface area contributed by atoms with Crippen molar-refractivity contribution < 1.29 is 0 Å². The third-order valence-corrected chi connectivity index (χ3v) is 2.84. The first kappa shape index (κ1) is 11.8. The average molecular weight is 234 g/mol. The second-order valence-corrected chi connectivity index (χ2v) is 4.26. The molecule has 0 saturated carbocycles. The first-order valence-corrected chi connectivity index (χ1v) is 5.71. The van der Waals surface area contributed by atoms with Gasteiger partial charge >= 0.3 is 0 Å². The van der Waals surface area contributed by atoms with E-state index in [1.807, 2.05) is 31.1 Å². The number of hydrogen-bond donors (Lipinski definition) is 1. The Hall–Kier alpha value is -1.69. The van der Waals surface area contributed by atoms with Crippen molar-refractivity contribution in [3.05, 3.63) is 30.4 Å². The first-order chi connectivity index (χ1) is 8.16. The molecule has 17 heavy (non-hydrogen) atoms. The van der Waals surface area contributed by atoms with E-state index in [4.69, 9.17) is 0 Å². The second kappa shape index (κ2) is 5.09. The third-order valence-electron chi connectivity index (χ3n) is 2.84. The summed E-state index contributed by atoms with van der Waals surface area (Å²) in [6.07, 6.45) is 5.58. The van der Waals surface area contributed by atoms with Gasteiger partial charge in [-0.25, -0.2) is 4.98 Å². The van der Waals surface area contributed by atoms with Gasteiger partial charge in [-0.05, 0) is 13.8 Å². The van der Waals surface area contributed by atoms with Crippen molar-refractivity contribution in [2.75, 3.05) is 0 Å². The minimum absolute atomic E-state index is 0.362. The molecule has 0 aromatic carbocycles. The Bertz CT molecular complexity index is 458. The Morgan fingerprint density at radius 1 is 1.41 bits per heavy atom. The number of aryl methyl sites for hydroxylation is 1. The Kier molecular flexibility index (Phi) is 3.53. The molecule has 2 heterocycles. The molecule has 0 fully saturated rings. The van der Waals surface area contributed by atoms with Crippen molar-refractivity contribution in [2.45, 2.75) is 33.0 Å². The van der Waals surface area contributed by atoms with E-state index in [9.17, 15) is 0 Å². The molecular weight excluding hydrogens is 216 g/mol. The van der Waals surface area contributed by atoms with Crippen LogP contribution in [0, 0.1) is 6.92 Å². The van der Waals surface area contributed by atoms with E-state index >= 15 is 0 Å².